The summed E-state index contributed by atoms with van der Waals surface area (Å²) in [5, 5.41) is 6.53. The molecular weight excluding hydrogens is 383 g/mol. The molecule has 29 heavy (non-hydrogen) atoms. The SMILES string of the molecule is COc1ccc(C)cc1-n1ccc(C(=O)NCC(c2ccccc2)C(F)(F)F)n1. The quantitative estimate of drug-likeness (QED) is 0.669. The normalized spacial score (nSPS) is 12.4. The van der Waals surface area contributed by atoms with Gasteiger partial charge in [0, 0.05) is 12.7 Å². The molecule has 1 amide bonds. The molecule has 5 nitrogen and oxygen atoms in total. The third-order valence-corrected chi connectivity index (χ3v) is 4.47. The number of ether oxygens (including phenoxy) is 1. The molecule has 3 aromatic rings. The first kappa shape index (κ1) is 20.4. The molecule has 1 aromatic heterocycles. The summed E-state index contributed by atoms with van der Waals surface area (Å²) in [4.78, 5) is 12.4. The molecule has 3 rings (SSSR count). The van der Waals surface area contributed by atoms with Gasteiger partial charge in [-0.05, 0) is 36.2 Å². The number of nitrogens with one attached hydrogen (secondary N) is 1. The van der Waals surface area contributed by atoms with Crippen LogP contribution in [0.4, 0.5) is 13.2 Å². The molecule has 1 atom stereocenters. The van der Waals surface area contributed by atoms with E-state index in [0.29, 0.717) is 11.4 Å². The van der Waals surface area contributed by atoms with Gasteiger partial charge in [0.1, 0.15) is 11.4 Å². The van der Waals surface area contributed by atoms with Crippen molar-refractivity contribution in [2.75, 3.05) is 13.7 Å². The Hall–Kier alpha value is -3.29. The van der Waals surface area contributed by atoms with Crippen LogP contribution in [0.5, 0.6) is 5.75 Å². The molecule has 1 unspecified atom stereocenters. The predicted octanol–water partition coefficient (Wildman–Crippen LogP) is 4.27. The van der Waals surface area contributed by atoms with Crippen molar-refractivity contribution in [3.8, 4) is 11.4 Å². The Morgan fingerprint density at radius 2 is 1.90 bits per heavy atom. The molecule has 0 radical (unpaired) electrons. The van der Waals surface area contributed by atoms with E-state index in [2.05, 4.69) is 10.4 Å². The molecule has 0 bridgehead atoms. The number of methoxy groups -OCH3 is 1. The second-order valence-corrected chi connectivity index (χ2v) is 6.54. The zero-order valence-electron chi connectivity index (χ0n) is 15.9. The van der Waals surface area contributed by atoms with Crippen LogP contribution in [0.3, 0.4) is 0 Å². The molecule has 0 aliphatic rings. The van der Waals surface area contributed by atoms with Crippen molar-refractivity contribution in [2.24, 2.45) is 0 Å². The highest BCUT2D eigenvalue weighted by Crippen LogP contribution is 2.34. The minimum Gasteiger partial charge on any atom is -0.494 e. The fourth-order valence-electron chi connectivity index (χ4n) is 2.95. The van der Waals surface area contributed by atoms with Crippen molar-refractivity contribution in [1.82, 2.24) is 15.1 Å². The van der Waals surface area contributed by atoms with Gasteiger partial charge >= 0.3 is 6.18 Å². The highest BCUT2D eigenvalue weighted by molar-refractivity contribution is 5.92. The van der Waals surface area contributed by atoms with Gasteiger partial charge in [0.2, 0.25) is 0 Å². The van der Waals surface area contributed by atoms with E-state index in [0.717, 1.165) is 5.56 Å². The second-order valence-electron chi connectivity index (χ2n) is 6.54. The smallest absolute Gasteiger partial charge is 0.397 e. The molecule has 152 valence electrons. The maximum absolute atomic E-state index is 13.4. The lowest BCUT2D eigenvalue weighted by atomic mass is 9.98. The average Bonchev–Trinajstić information content (AvgIpc) is 3.18. The Bertz CT molecular complexity index is 984. The summed E-state index contributed by atoms with van der Waals surface area (Å²) in [6.45, 7) is 1.33. The first-order valence-corrected chi connectivity index (χ1v) is 8.90. The Morgan fingerprint density at radius 1 is 1.17 bits per heavy atom. The predicted molar refractivity (Wildman–Crippen MR) is 102 cm³/mol. The summed E-state index contributed by atoms with van der Waals surface area (Å²) in [5.74, 6) is -1.92. The molecule has 0 saturated carbocycles. The number of carbonyl (C=O) groups excluding carboxylic acids is 1. The van der Waals surface area contributed by atoms with Crippen LogP contribution in [-0.2, 0) is 0 Å². The number of amides is 1. The van der Waals surface area contributed by atoms with Gasteiger partial charge in [0.25, 0.3) is 5.91 Å². The van der Waals surface area contributed by atoms with Gasteiger partial charge in [-0.3, -0.25) is 4.79 Å². The Balaban J connectivity index is 1.76. The van der Waals surface area contributed by atoms with E-state index in [1.165, 1.54) is 42.1 Å². The van der Waals surface area contributed by atoms with Crippen molar-refractivity contribution in [3.63, 3.8) is 0 Å². The third-order valence-electron chi connectivity index (χ3n) is 4.47. The monoisotopic (exact) mass is 403 g/mol. The van der Waals surface area contributed by atoms with Crippen molar-refractivity contribution in [1.29, 1.82) is 0 Å². The molecule has 2 aromatic carbocycles. The van der Waals surface area contributed by atoms with E-state index in [4.69, 9.17) is 4.74 Å². The number of hydrogen-bond donors (Lipinski definition) is 1. The van der Waals surface area contributed by atoms with Gasteiger partial charge in [-0.1, -0.05) is 36.4 Å². The van der Waals surface area contributed by atoms with Crippen molar-refractivity contribution >= 4 is 5.91 Å². The van der Waals surface area contributed by atoms with Gasteiger partial charge < -0.3 is 10.1 Å². The topological polar surface area (TPSA) is 56.1 Å². The lowest BCUT2D eigenvalue weighted by Gasteiger charge is -2.20. The number of hydrogen-bond acceptors (Lipinski definition) is 3. The van der Waals surface area contributed by atoms with E-state index >= 15 is 0 Å². The number of alkyl halides is 3. The maximum atomic E-state index is 13.4. The van der Waals surface area contributed by atoms with Crippen LogP contribution in [0.15, 0.2) is 60.8 Å². The largest absolute Gasteiger partial charge is 0.494 e. The summed E-state index contributed by atoms with van der Waals surface area (Å²) >= 11 is 0. The van der Waals surface area contributed by atoms with Crippen LogP contribution in [0.25, 0.3) is 5.69 Å². The summed E-state index contributed by atoms with van der Waals surface area (Å²) in [7, 11) is 1.52. The van der Waals surface area contributed by atoms with Crippen LogP contribution in [-0.4, -0.2) is 35.5 Å². The zero-order chi connectivity index (χ0) is 21.0. The molecule has 0 aliphatic heterocycles. The minimum atomic E-state index is -4.48. The van der Waals surface area contributed by atoms with Crippen LogP contribution in [0.1, 0.15) is 27.5 Å². The number of aromatic nitrogens is 2. The first-order chi connectivity index (χ1) is 13.8. The molecule has 1 N–H and O–H groups in total. The first-order valence-electron chi connectivity index (χ1n) is 8.90. The van der Waals surface area contributed by atoms with Crippen LogP contribution in [0, 0.1) is 6.92 Å². The molecule has 0 fully saturated rings. The lowest BCUT2D eigenvalue weighted by Crippen LogP contribution is -2.35. The molecule has 0 spiro atoms. The fraction of sp³-hybridized carbons (Fsp3) is 0.238. The molecule has 8 heteroatoms. The fourth-order valence-corrected chi connectivity index (χ4v) is 2.95. The number of aryl methyl sites for hydroxylation is 1. The number of carbonyl (C=O) groups is 1. The van der Waals surface area contributed by atoms with Crippen molar-refractivity contribution < 1.29 is 22.7 Å². The van der Waals surface area contributed by atoms with Crippen molar-refractivity contribution in [2.45, 2.75) is 19.0 Å². The third kappa shape index (κ3) is 4.77. The highest BCUT2D eigenvalue weighted by atomic mass is 19.4. The second kappa shape index (κ2) is 8.38. The molecular formula is C21H20F3N3O2. The van der Waals surface area contributed by atoms with Crippen molar-refractivity contribution in [3.05, 3.63) is 77.6 Å². The highest BCUT2D eigenvalue weighted by Gasteiger charge is 2.40. The van der Waals surface area contributed by atoms with E-state index < -0.39 is 24.5 Å². The van der Waals surface area contributed by atoms with Crippen LogP contribution < -0.4 is 10.1 Å². The number of rotatable bonds is 6. The summed E-state index contributed by atoms with van der Waals surface area (Å²) in [6, 6.07) is 14.4. The zero-order valence-corrected chi connectivity index (χ0v) is 15.9. The maximum Gasteiger partial charge on any atom is 0.397 e. The average molecular weight is 403 g/mol. The van der Waals surface area contributed by atoms with Gasteiger partial charge in [-0.15, -0.1) is 0 Å². The number of halogens is 3. The van der Waals surface area contributed by atoms with Crippen LogP contribution >= 0.6 is 0 Å². The summed E-state index contributed by atoms with van der Waals surface area (Å²) < 4.78 is 47.0. The molecule has 0 aliphatic carbocycles. The van der Waals surface area contributed by atoms with Crippen LogP contribution in [0.2, 0.25) is 0 Å². The Labute approximate surface area is 166 Å². The standard InChI is InChI=1S/C21H20F3N3O2/c1-14-8-9-19(29-2)18(12-14)27-11-10-17(26-27)20(28)25-13-16(21(22,23)24)15-6-4-3-5-7-15/h3-12,16H,13H2,1-2H3,(H,25,28). The molecule has 0 saturated heterocycles. The number of nitrogens with zero attached hydrogens (tertiary/aromatic N) is 2. The summed E-state index contributed by atoms with van der Waals surface area (Å²) in [6.07, 6.45) is -2.92. The minimum absolute atomic E-state index is 0.0162. The van der Waals surface area contributed by atoms with Gasteiger partial charge in [-0.2, -0.15) is 18.3 Å². The Morgan fingerprint density at radius 3 is 2.55 bits per heavy atom. The van der Waals surface area contributed by atoms with Gasteiger partial charge in [-0.25, -0.2) is 4.68 Å². The number of benzene rings is 2. The Kier molecular flexibility index (Phi) is 5.91. The van der Waals surface area contributed by atoms with E-state index in [-0.39, 0.29) is 11.3 Å². The van der Waals surface area contributed by atoms with Gasteiger partial charge in [0.15, 0.2) is 5.69 Å². The van der Waals surface area contributed by atoms with E-state index in [1.807, 2.05) is 19.1 Å². The van der Waals surface area contributed by atoms with E-state index in [1.54, 1.807) is 18.3 Å². The lowest BCUT2D eigenvalue weighted by molar-refractivity contribution is -0.149. The van der Waals surface area contributed by atoms with E-state index in [9.17, 15) is 18.0 Å². The molecule has 1 heterocycles. The van der Waals surface area contributed by atoms with Gasteiger partial charge in [0.05, 0.1) is 13.0 Å². The summed E-state index contributed by atoms with van der Waals surface area (Å²) in [5.41, 5.74) is 1.71.